The van der Waals surface area contributed by atoms with Crippen LogP contribution >= 0.6 is 11.3 Å². The topological polar surface area (TPSA) is 55.7 Å². The summed E-state index contributed by atoms with van der Waals surface area (Å²) in [6.45, 7) is 2.74. The van der Waals surface area contributed by atoms with E-state index in [1.165, 1.54) is 11.3 Å². The third kappa shape index (κ3) is 4.61. The number of aromatic nitrogens is 1. The Balaban J connectivity index is 1.64. The lowest BCUT2D eigenvalue weighted by Gasteiger charge is -2.10. The second-order valence-corrected chi connectivity index (χ2v) is 6.39. The fraction of sp³-hybridized carbons (Fsp3) is 0.200. The number of thiazole rings is 1. The van der Waals surface area contributed by atoms with Crippen molar-refractivity contribution in [2.45, 2.75) is 13.3 Å². The Bertz CT molecular complexity index is 863. The quantitative estimate of drug-likeness (QED) is 0.447. The molecule has 0 spiro atoms. The van der Waals surface area contributed by atoms with E-state index in [4.69, 9.17) is 9.47 Å². The molecule has 134 valence electrons. The van der Waals surface area contributed by atoms with Crippen LogP contribution in [0.3, 0.4) is 0 Å². The Morgan fingerprint density at radius 1 is 1.15 bits per heavy atom. The molecule has 0 radical (unpaired) electrons. The zero-order valence-corrected chi connectivity index (χ0v) is 15.6. The molecule has 0 aliphatic carbocycles. The highest BCUT2D eigenvalue weighted by molar-refractivity contribution is 7.14. The van der Waals surface area contributed by atoms with Gasteiger partial charge in [-0.25, -0.2) is 4.98 Å². The Morgan fingerprint density at radius 3 is 2.77 bits per heavy atom. The minimum absolute atomic E-state index is 0.666. The van der Waals surface area contributed by atoms with Crippen molar-refractivity contribution in [1.29, 1.82) is 0 Å². The smallest absolute Gasteiger partial charge is 0.203 e. The van der Waals surface area contributed by atoms with E-state index >= 15 is 0 Å². The molecule has 0 saturated carbocycles. The summed E-state index contributed by atoms with van der Waals surface area (Å²) in [7, 11) is 1.63. The van der Waals surface area contributed by atoms with Gasteiger partial charge in [0.05, 0.1) is 25.6 Å². The van der Waals surface area contributed by atoms with E-state index in [0.29, 0.717) is 12.4 Å². The highest BCUT2D eigenvalue weighted by Crippen LogP contribution is 2.28. The van der Waals surface area contributed by atoms with Gasteiger partial charge in [-0.15, -0.1) is 11.3 Å². The number of nitrogens with one attached hydrogen (secondary N) is 1. The van der Waals surface area contributed by atoms with Gasteiger partial charge < -0.3 is 9.47 Å². The van der Waals surface area contributed by atoms with E-state index in [2.05, 4.69) is 22.4 Å². The average molecular weight is 367 g/mol. The van der Waals surface area contributed by atoms with Crippen molar-refractivity contribution < 1.29 is 9.47 Å². The van der Waals surface area contributed by atoms with Crippen LogP contribution in [0, 0.1) is 0 Å². The Hall–Kier alpha value is -2.86. The highest BCUT2D eigenvalue weighted by Gasteiger charge is 2.05. The number of rotatable bonds is 8. The van der Waals surface area contributed by atoms with E-state index in [1.807, 2.05) is 53.9 Å². The van der Waals surface area contributed by atoms with Crippen molar-refractivity contribution in [2.24, 2.45) is 5.10 Å². The lowest BCUT2D eigenvalue weighted by Crippen LogP contribution is -1.98. The van der Waals surface area contributed by atoms with Crippen LogP contribution < -0.4 is 14.9 Å². The summed E-state index contributed by atoms with van der Waals surface area (Å²) in [5.74, 6) is 1.44. The second-order valence-electron chi connectivity index (χ2n) is 5.53. The fourth-order valence-electron chi connectivity index (χ4n) is 2.32. The molecular formula is C20H21N3O2S. The van der Waals surface area contributed by atoms with Gasteiger partial charge in [-0.05, 0) is 30.2 Å². The number of anilines is 1. The van der Waals surface area contributed by atoms with Gasteiger partial charge in [-0.3, -0.25) is 5.43 Å². The lowest BCUT2D eigenvalue weighted by atomic mass is 10.2. The molecule has 26 heavy (non-hydrogen) atoms. The molecule has 0 saturated heterocycles. The largest absolute Gasteiger partial charge is 0.493 e. The van der Waals surface area contributed by atoms with Crippen LogP contribution in [0.1, 0.15) is 18.9 Å². The summed E-state index contributed by atoms with van der Waals surface area (Å²) in [5, 5.41) is 7.02. The van der Waals surface area contributed by atoms with Gasteiger partial charge in [0.1, 0.15) is 0 Å². The summed E-state index contributed by atoms with van der Waals surface area (Å²) in [6.07, 6.45) is 2.69. The predicted octanol–water partition coefficient (Wildman–Crippen LogP) is 5.05. The molecular weight excluding hydrogens is 346 g/mol. The van der Waals surface area contributed by atoms with Gasteiger partial charge in [0, 0.05) is 10.9 Å². The fourth-order valence-corrected chi connectivity index (χ4v) is 2.99. The van der Waals surface area contributed by atoms with Crippen molar-refractivity contribution >= 4 is 22.7 Å². The molecule has 0 aliphatic heterocycles. The van der Waals surface area contributed by atoms with Gasteiger partial charge in [0.15, 0.2) is 11.5 Å². The molecule has 0 unspecified atom stereocenters. The van der Waals surface area contributed by atoms with E-state index in [0.717, 1.165) is 34.1 Å². The van der Waals surface area contributed by atoms with Gasteiger partial charge in [-0.2, -0.15) is 5.10 Å². The first-order chi connectivity index (χ1) is 12.8. The monoisotopic (exact) mass is 367 g/mol. The van der Waals surface area contributed by atoms with E-state index in [1.54, 1.807) is 13.3 Å². The third-order valence-corrected chi connectivity index (χ3v) is 4.34. The number of nitrogens with zero attached hydrogens (tertiary/aromatic N) is 2. The summed E-state index contributed by atoms with van der Waals surface area (Å²) in [5.41, 5.74) is 5.92. The second kappa shape index (κ2) is 9.01. The van der Waals surface area contributed by atoms with E-state index in [9.17, 15) is 0 Å². The predicted molar refractivity (Wildman–Crippen MR) is 108 cm³/mol. The number of hydrazone groups is 1. The number of ether oxygens (including phenoxy) is 2. The molecule has 0 amide bonds. The normalized spacial score (nSPS) is 10.8. The third-order valence-electron chi connectivity index (χ3n) is 3.60. The van der Waals surface area contributed by atoms with Crippen LogP contribution in [0.2, 0.25) is 0 Å². The molecule has 5 nitrogen and oxygen atoms in total. The van der Waals surface area contributed by atoms with Crippen molar-refractivity contribution in [1.82, 2.24) is 4.98 Å². The van der Waals surface area contributed by atoms with Crippen LogP contribution in [0.25, 0.3) is 11.3 Å². The lowest BCUT2D eigenvalue weighted by molar-refractivity contribution is 0.294. The first-order valence-corrected chi connectivity index (χ1v) is 9.29. The van der Waals surface area contributed by atoms with Crippen molar-refractivity contribution in [2.75, 3.05) is 19.1 Å². The van der Waals surface area contributed by atoms with Crippen LogP contribution in [0.5, 0.6) is 11.5 Å². The maximum atomic E-state index is 5.66. The zero-order valence-electron chi connectivity index (χ0n) is 14.8. The average Bonchev–Trinajstić information content (AvgIpc) is 3.16. The van der Waals surface area contributed by atoms with Crippen molar-refractivity contribution in [3.63, 3.8) is 0 Å². The molecule has 0 bridgehead atoms. The SMILES string of the molecule is CCCOc1ccc(C=NNc2nc(-c3ccccc3)cs2)cc1OC. The van der Waals surface area contributed by atoms with E-state index in [-0.39, 0.29) is 0 Å². The van der Waals surface area contributed by atoms with Crippen LogP contribution in [0.15, 0.2) is 59.0 Å². The molecule has 1 aromatic heterocycles. The van der Waals surface area contributed by atoms with Gasteiger partial charge in [0.2, 0.25) is 5.13 Å². The first-order valence-electron chi connectivity index (χ1n) is 8.41. The number of hydrogen-bond donors (Lipinski definition) is 1. The summed E-state index contributed by atoms with van der Waals surface area (Å²) < 4.78 is 11.0. The van der Waals surface area contributed by atoms with Gasteiger partial charge >= 0.3 is 0 Å². The Morgan fingerprint density at radius 2 is 2.00 bits per heavy atom. The van der Waals surface area contributed by atoms with Crippen LogP contribution in [0.4, 0.5) is 5.13 Å². The molecule has 2 aromatic carbocycles. The standard InChI is InChI=1S/C20H21N3O2S/c1-3-11-25-18-10-9-15(12-19(18)24-2)13-21-23-20-22-17(14-26-20)16-7-5-4-6-8-16/h4-10,12-14H,3,11H2,1-2H3,(H,22,23). The van der Waals surface area contributed by atoms with Gasteiger partial charge in [-0.1, -0.05) is 37.3 Å². The highest BCUT2D eigenvalue weighted by atomic mass is 32.1. The maximum absolute atomic E-state index is 5.66. The summed E-state index contributed by atoms with van der Waals surface area (Å²) >= 11 is 1.52. The molecule has 0 atom stereocenters. The number of hydrogen-bond acceptors (Lipinski definition) is 6. The van der Waals surface area contributed by atoms with Gasteiger partial charge in [0.25, 0.3) is 0 Å². The number of benzene rings is 2. The molecule has 1 N–H and O–H groups in total. The molecule has 1 heterocycles. The maximum Gasteiger partial charge on any atom is 0.203 e. The molecule has 3 aromatic rings. The van der Waals surface area contributed by atoms with Crippen molar-refractivity contribution in [3.05, 3.63) is 59.5 Å². The summed E-state index contributed by atoms with van der Waals surface area (Å²) in [6, 6.07) is 15.8. The summed E-state index contributed by atoms with van der Waals surface area (Å²) in [4.78, 5) is 4.54. The van der Waals surface area contributed by atoms with Crippen molar-refractivity contribution in [3.8, 4) is 22.8 Å². The minimum Gasteiger partial charge on any atom is -0.493 e. The first kappa shape index (κ1) is 17.9. The minimum atomic E-state index is 0.666. The van der Waals surface area contributed by atoms with Crippen LogP contribution in [-0.2, 0) is 0 Å². The zero-order chi connectivity index (χ0) is 18.2. The molecule has 0 fully saturated rings. The number of methoxy groups -OCH3 is 1. The molecule has 6 heteroatoms. The Kier molecular flexibility index (Phi) is 6.22. The Labute approximate surface area is 157 Å². The van der Waals surface area contributed by atoms with Crippen LogP contribution in [-0.4, -0.2) is 24.9 Å². The molecule has 0 aliphatic rings. The van der Waals surface area contributed by atoms with E-state index < -0.39 is 0 Å². The molecule has 3 rings (SSSR count).